The van der Waals surface area contributed by atoms with E-state index in [4.69, 9.17) is 0 Å². The largest absolute Gasteiger partial charge is 0.325 e. The molecule has 1 aromatic heterocycles. The van der Waals surface area contributed by atoms with Gasteiger partial charge in [-0.3, -0.25) is 5.32 Å². The first-order valence-electron chi connectivity index (χ1n) is 6.62. The summed E-state index contributed by atoms with van der Waals surface area (Å²) in [5.41, 5.74) is 4.02. The van der Waals surface area contributed by atoms with Crippen LogP contribution in [0.3, 0.4) is 0 Å². The van der Waals surface area contributed by atoms with Crippen LogP contribution in [0.5, 0.6) is 0 Å². The fourth-order valence-electron chi connectivity index (χ4n) is 2.21. The summed E-state index contributed by atoms with van der Waals surface area (Å²) >= 11 is 1.48. The number of aromatic nitrogens is 1. The molecule has 21 heavy (non-hydrogen) atoms. The zero-order valence-electron chi connectivity index (χ0n) is 11.8. The standard InChI is InChI=1S/C16H15N3OS/c1-10-8-11(2)14-13(9-10)21-16(18-14)19-15(20)17-12-6-4-3-5-7-12/h3-9H,1-2H3,(H2,17,18,19,20). The van der Waals surface area contributed by atoms with Crippen molar-refractivity contribution in [2.24, 2.45) is 0 Å². The van der Waals surface area contributed by atoms with Gasteiger partial charge in [0.25, 0.3) is 0 Å². The van der Waals surface area contributed by atoms with Gasteiger partial charge in [0.05, 0.1) is 10.2 Å². The van der Waals surface area contributed by atoms with Crippen LogP contribution in [0, 0.1) is 13.8 Å². The maximum atomic E-state index is 12.0. The average Bonchev–Trinajstić information content (AvgIpc) is 2.82. The molecular formula is C16H15N3OS. The van der Waals surface area contributed by atoms with Crippen molar-refractivity contribution in [1.29, 1.82) is 0 Å². The molecule has 5 heteroatoms. The minimum atomic E-state index is -0.283. The molecule has 0 aliphatic heterocycles. The van der Waals surface area contributed by atoms with Crippen LogP contribution < -0.4 is 10.6 Å². The number of nitrogens with one attached hydrogen (secondary N) is 2. The highest BCUT2D eigenvalue weighted by molar-refractivity contribution is 7.22. The van der Waals surface area contributed by atoms with E-state index in [1.54, 1.807) is 0 Å². The Balaban J connectivity index is 1.79. The van der Waals surface area contributed by atoms with Crippen LogP contribution in [0.25, 0.3) is 10.2 Å². The number of carbonyl (C=O) groups is 1. The number of rotatable bonds is 2. The number of benzene rings is 2. The second kappa shape index (κ2) is 5.54. The molecule has 0 radical (unpaired) electrons. The van der Waals surface area contributed by atoms with E-state index in [1.807, 2.05) is 37.3 Å². The van der Waals surface area contributed by atoms with Crippen molar-refractivity contribution in [3.8, 4) is 0 Å². The van der Waals surface area contributed by atoms with Crippen molar-refractivity contribution < 1.29 is 4.79 Å². The molecule has 2 N–H and O–H groups in total. The maximum Gasteiger partial charge on any atom is 0.325 e. The number of urea groups is 1. The SMILES string of the molecule is Cc1cc(C)c2nc(NC(=O)Nc3ccccc3)sc2c1. The highest BCUT2D eigenvalue weighted by Gasteiger charge is 2.09. The van der Waals surface area contributed by atoms with E-state index in [0.717, 1.165) is 21.5 Å². The molecule has 0 fully saturated rings. The van der Waals surface area contributed by atoms with Crippen LogP contribution in [0.4, 0.5) is 15.6 Å². The molecule has 2 amide bonds. The molecule has 1 heterocycles. The zero-order chi connectivity index (χ0) is 14.8. The summed E-state index contributed by atoms with van der Waals surface area (Å²) in [4.78, 5) is 16.4. The number of carbonyl (C=O) groups excluding carboxylic acids is 1. The number of aryl methyl sites for hydroxylation is 2. The molecule has 0 saturated carbocycles. The van der Waals surface area contributed by atoms with Gasteiger partial charge < -0.3 is 5.32 Å². The van der Waals surface area contributed by atoms with Gasteiger partial charge in [-0.2, -0.15) is 0 Å². The topological polar surface area (TPSA) is 54.0 Å². The van der Waals surface area contributed by atoms with Crippen LogP contribution in [-0.2, 0) is 0 Å². The summed E-state index contributed by atoms with van der Waals surface area (Å²) in [6, 6.07) is 13.2. The van der Waals surface area contributed by atoms with Gasteiger partial charge in [-0.15, -0.1) is 0 Å². The lowest BCUT2D eigenvalue weighted by Crippen LogP contribution is -2.19. The lowest BCUT2D eigenvalue weighted by atomic mass is 10.1. The van der Waals surface area contributed by atoms with Gasteiger partial charge in [-0.25, -0.2) is 9.78 Å². The van der Waals surface area contributed by atoms with Crippen LogP contribution in [0.1, 0.15) is 11.1 Å². The first kappa shape index (κ1) is 13.6. The van der Waals surface area contributed by atoms with E-state index in [0.29, 0.717) is 5.13 Å². The van der Waals surface area contributed by atoms with Crippen molar-refractivity contribution in [3.05, 3.63) is 53.6 Å². The Labute approximate surface area is 126 Å². The highest BCUT2D eigenvalue weighted by atomic mass is 32.1. The van der Waals surface area contributed by atoms with E-state index in [2.05, 4.69) is 34.7 Å². The van der Waals surface area contributed by atoms with E-state index < -0.39 is 0 Å². The van der Waals surface area contributed by atoms with Gasteiger partial charge >= 0.3 is 6.03 Å². The van der Waals surface area contributed by atoms with Gasteiger partial charge in [-0.1, -0.05) is 35.6 Å². The average molecular weight is 297 g/mol. The van der Waals surface area contributed by atoms with Crippen LogP contribution >= 0.6 is 11.3 Å². The lowest BCUT2D eigenvalue weighted by Gasteiger charge is -2.04. The van der Waals surface area contributed by atoms with Crippen LogP contribution in [0.15, 0.2) is 42.5 Å². The van der Waals surface area contributed by atoms with Crippen molar-refractivity contribution in [3.63, 3.8) is 0 Å². The number of fused-ring (bicyclic) bond motifs is 1. The molecule has 0 spiro atoms. The third-order valence-electron chi connectivity index (χ3n) is 3.08. The summed E-state index contributed by atoms with van der Waals surface area (Å²) < 4.78 is 1.09. The second-order valence-electron chi connectivity index (χ2n) is 4.89. The van der Waals surface area contributed by atoms with Gasteiger partial charge in [0.15, 0.2) is 5.13 Å². The van der Waals surface area contributed by atoms with Crippen LogP contribution in [-0.4, -0.2) is 11.0 Å². The molecule has 4 nitrogen and oxygen atoms in total. The lowest BCUT2D eigenvalue weighted by molar-refractivity contribution is 0.262. The Morgan fingerprint density at radius 3 is 2.62 bits per heavy atom. The van der Waals surface area contributed by atoms with Crippen LogP contribution in [0.2, 0.25) is 0 Å². The molecule has 106 valence electrons. The van der Waals surface area contributed by atoms with Gasteiger partial charge in [0.1, 0.15) is 0 Å². The molecule has 0 atom stereocenters. The predicted molar refractivity (Wildman–Crippen MR) is 88.2 cm³/mol. The summed E-state index contributed by atoms with van der Waals surface area (Å²) in [6.45, 7) is 4.09. The Hall–Kier alpha value is -2.40. The summed E-state index contributed by atoms with van der Waals surface area (Å²) in [7, 11) is 0. The molecule has 0 aliphatic rings. The quantitative estimate of drug-likeness (QED) is 0.728. The summed E-state index contributed by atoms with van der Waals surface area (Å²) in [6.07, 6.45) is 0. The van der Waals surface area contributed by atoms with Gasteiger partial charge in [-0.05, 0) is 43.2 Å². The third-order valence-corrected chi connectivity index (χ3v) is 4.00. The predicted octanol–water partition coefficient (Wildman–Crippen LogP) is 4.56. The molecule has 3 aromatic rings. The number of nitrogens with zero attached hydrogens (tertiary/aromatic N) is 1. The molecular weight excluding hydrogens is 282 g/mol. The molecule has 0 saturated heterocycles. The second-order valence-corrected chi connectivity index (χ2v) is 5.92. The molecule has 3 rings (SSSR count). The number of para-hydroxylation sites is 1. The van der Waals surface area contributed by atoms with E-state index in [-0.39, 0.29) is 6.03 Å². The Morgan fingerprint density at radius 2 is 1.86 bits per heavy atom. The Morgan fingerprint density at radius 1 is 1.10 bits per heavy atom. The maximum absolute atomic E-state index is 12.0. The fraction of sp³-hybridized carbons (Fsp3) is 0.125. The first-order valence-corrected chi connectivity index (χ1v) is 7.44. The van der Waals surface area contributed by atoms with Crippen molar-refractivity contribution >= 4 is 38.4 Å². The van der Waals surface area contributed by atoms with Crippen molar-refractivity contribution in [2.75, 3.05) is 10.6 Å². The molecule has 0 aliphatic carbocycles. The van der Waals surface area contributed by atoms with E-state index in [9.17, 15) is 4.79 Å². The minimum absolute atomic E-state index is 0.283. The molecule has 0 unspecified atom stereocenters. The number of hydrogen-bond acceptors (Lipinski definition) is 3. The van der Waals surface area contributed by atoms with Crippen molar-refractivity contribution in [1.82, 2.24) is 4.98 Å². The fourth-order valence-corrected chi connectivity index (χ4v) is 3.24. The van der Waals surface area contributed by atoms with Gasteiger partial charge in [0, 0.05) is 5.69 Å². The normalized spacial score (nSPS) is 10.6. The molecule has 0 bridgehead atoms. The number of amides is 2. The van der Waals surface area contributed by atoms with E-state index in [1.165, 1.54) is 16.9 Å². The number of anilines is 2. The first-order chi connectivity index (χ1) is 10.1. The third kappa shape index (κ3) is 3.03. The summed E-state index contributed by atoms with van der Waals surface area (Å²) in [5.74, 6) is 0. The van der Waals surface area contributed by atoms with Crippen molar-refractivity contribution in [2.45, 2.75) is 13.8 Å². The number of thiazole rings is 1. The Kier molecular flexibility index (Phi) is 3.58. The zero-order valence-corrected chi connectivity index (χ0v) is 12.6. The highest BCUT2D eigenvalue weighted by Crippen LogP contribution is 2.29. The van der Waals surface area contributed by atoms with Gasteiger partial charge in [0.2, 0.25) is 0 Å². The van der Waals surface area contributed by atoms with E-state index >= 15 is 0 Å². The number of hydrogen-bond donors (Lipinski definition) is 2. The molecule has 2 aromatic carbocycles. The smallest absolute Gasteiger partial charge is 0.308 e. The monoisotopic (exact) mass is 297 g/mol. The summed E-state index contributed by atoms with van der Waals surface area (Å²) in [5, 5.41) is 6.17. The minimum Gasteiger partial charge on any atom is -0.308 e. The Bertz CT molecular complexity index is 796.